The fourth-order valence-corrected chi connectivity index (χ4v) is 3.16. The monoisotopic (exact) mass is 442 g/mol. The average molecular weight is 443 g/mol. The van der Waals surface area contributed by atoms with Gasteiger partial charge < -0.3 is 19.1 Å². The molecule has 0 aliphatic carbocycles. The Morgan fingerprint density at radius 1 is 1.06 bits per heavy atom. The predicted octanol–water partition coefficient (Wildman–Crippen LogP) is 5.81. The molecule has 1 amide bonds. The van der Waals surface area contributed by atoms with Crippen molar-refractivity contribution >= 4 is 28.6 Å². The van der Waals surface area contributed by atoms with Gasteiger partial charge >= 0.3 is 6.09 Å². The number of hydrogen-bond acceptors (Lipinski definition) is 5. The molecule has 6 nitrogen and oxygen atoms in total. The second kappa shape index (κ2) is 9.43. The fourth-order valence-electron chi connectivity index (χ4n) is 2.89. The molecule has 0 fully saturated rings. The van der Waals surface area contributed by atoms with Crippen LogP contribution in [0.1, 0.15) is 20.8 Å². The van der Waals surface area contributed by atoms with Gasteiger partial charge in [-0.3, -0.25) is 0 Å². The Kier molecular flexibility index (Phi) is 6.91. The van der Waals surface area contributed by atoms with Crippen LogP contribution in [-0.2, 0) is 4.74 Å². The molecule has 0 aliphatic rings. The summed E-state index contributed by atoms with van der Waals surface area (Å²) in [6, 6.07) is 15.1. The van der Waals surface area contributed by atoms with Gasteiger partial charge in [-0.25, -0.2) is 9.78 Å². The first-order valence-electron chi connectivity index (χ1n) is 9.98. The second-order valence-corrected chi connectivity index (χ2v) is 8.55. The minimum atomic E-state index is -0.521. The minimum absolute atomic E-state index is 0.356. The zero-order valence-corrected chi connectivity index (χ0v) is 19.2. The summed E-state index contributed by atoms with van der Waals surface area (Å²) in [7, 11) is 3.31. The second-order valence-electron chi connectivity index (χ2n) is 8.15. The van der Waals surface area contributed by atoms with Crippen molar-refractivity contribution in [1.82, 2.24) is 9.88 Å². The number of likely N-dealkylation sites (N-methyl/N-ethyl adjacent to an activating group) is 1. The number of rotatable bonds is 6. The lowest BCUT2D eigenvalue weighted by Gasteiger charge is -2.24. The molecule has 0 unspecified atom stereocenters. The zero-order valence-electron chi connectivity index (χ0n) is 18.4. The highest BCUT2D eigenvalue weighted by atomic mass is 35.5. The number of halogens is 1. The molecule has 164 valence electrons. The van der Waals surface area contributed by atoms with E-state index in [0.717, 1.165) is 27.9 Å². The van der Waals surface area contributed by atoms with Crippen molar-refractivity contribution in [2.75, 3.05) is 27.3 Å². The molecule has 1 aromatic heterocycles. The fraction of sp³-hybridized carbons (Fsp3) is 0.333. The number of nitrogens with zero attached hydrogens (tertiary/aromatic N) is 2. The summed E-state index contributed by atoms with van der Waals surface area (Å²) in [5.74, 6) is 1.43. The van der Waals surface area contributed by atoms with Crippen LogP contribution >= 0.6 is 11.6 Å². The number of carbonyl (C=O) groups is 1. The summed E-state index contributed by atoms with van der Waals surface area (Å²) in [5.41, 5.74) is 1.94. The van der Waals surface area contributed by atoms with Gasteiger partial charge in [-0.05, 0) is 63.2 Å². The van der Waals surface area contributed by atoms with Gasteiger partial charge in [-0.15, -0.1) is 0 Å². The molecule has 0 saturated heterocycles. The molecule has 3 rings (SSSR count). The molecule has 0 bridgehead atoms. The van der Waals surface area contributed by atoms with Gasteiger partial charge in [0.05, 0.1) is 29.9 Å². The third-order valence-corrected chi connectivity index (χ3v) is 4.83. The molecular weight excluding hydrogens is 416 g/mol. The summed E-state index contributed by atoms with van der Waals surface area (Å²) in [6.07, 6.45) is -0.373. The normalized spacial score (nSPS) is 11.3. The number of pyridine rings is 1. The molecule has 1 heterocycles. The van der Waals surface area contributed by atoms with Crippen molar-refractivity contribution < 1.29 is 19.0 Å². The summed E-state index contributed by atoms with van der Waals surface area (Å²) >= 11 is 6.45. The van der Waals surface area contributed by atoms with Crippen LogP contribution < -0.4 is 9.47 Å². The maximum atomic E-state index is 12.0. The Morgan fingerprint density at radius 3 is 2.39 bits per heavy atom. The van der Waals surface area contributed by atoms with Crippen molar-refractivity contribution in [1.29, 1.82) is 0 Å². The van der Waals surface area contributed by atoms with E-state index in [1.807, 2.05) is 69.3 Å². The van der Waals surface area contributed by atoms with E-state index in [9.17, 15) is 4.79 Å². The molecule has 31 heavy (non-hydrogen) atoms. The minimum Gasteiger partial charge on any atom is -0.497 e. The largest absolute Gasteiger partial charge is 0.497 e. The van der Waals surface area contributed by atoms with Crippen molar-refractivity contribution in [3.63, 3.8) is 0 Å². The number of methoxy groups -OCH3 is 1. The molecule has 7 heteroatoms. The van der Waals surface area contributed by atoms with Gasteiger partial charge in [0, 0.05) is 24.1 Å². The van der Waals surface area contributed by atoms with E-state index < -0.39 is 5.60 Å². The Morgan fingerprint density at radius 2 is 1.74 bits per heavy atom. The van der Waals surface area contributed by atoms with E-state index in [0.29, 0.717) is 23.9 Å². The van der Waals surface area contributed by atoms with E-state index in [1.54, 1.807) is 14.2 Å². The highest BCUT2D eigenvalue weighted by molar-refractivity contribution is 6.35. The summed E-state index contributed by atoms with van der Waals surface area (Å²) in [5, 5.41) is 1.51. The highest BCUT2D eigenvalue weighted by Gasteiger charge is 2.19. The quantitative estimate of drug-likeness (QED) is 0.482. The van der Waals surface area contributed by atoms with Crippen LogP contribution in [0.15, 0.2) is 48.5 Å². The van der Waals surface area contributed by atoms with E-state index in [2.05, 4.69) is 0 Å². The first kappa shape index (κ1) is 22.7. The predicted molar refractivity (Wildman–Crippen MR) is 123 cm³/mol. The van der Waals surface area contributed by atoms with Crippen LogP contribution in [0.5, 0.6) is 11.5 Å². The third kappa shape index (κ3) is 6.01. The van der Waals surface area contributed by atoms with E-state index in [4.69, 9.17) is 30.8 Å². The smallest absolute Gasteiger partial charge is 0.410 e. The summed E-state index contributed by atoms with van der Waals surface area (Å²) in [4.78, 5) is 18.2. The van der Waals surface area contributed by atoms with E-state index >= 15 is 0 Å². The van der Waals surface area contributed by atoms with Crippen LogP contribution in [0.3, 0.4) is 0 Å². The molecule has 0 saturated carbocycles. The first-order valence-corrected chi connectivity index (χ1v) is 10.4. The third-order valence-electron chi connectivity index (χ3n) is 4.52. The molecule has 3 aromatic rings. The Bertz CT molecular complexity index is 1060. The molecular formula is C24H27ClN2O4. The average Bonchev–Trinajstić information content (AvgIpc) is 2.72. The van der Waals surface area contributed by atoms with Crippen molar-refractivity contribution in [2.45, 2.75) is 26.4 Å². The summed E-state index contributed by atoms with van der Waals surface area (Å²) in [6.45, 7) is 6.29. The molecule has 0 atom stereocenters. The van der Waals surface area contributed by atoms with E-state index in [1.165, 1.54) is 4.90 Å². The van der Waals surface area contributed by atoms with Gasteiger partial charge in [-0.1, -0.05) is 11.6 Å². The van der Waals surface area contributed by atoms with Crippen molar-refractivity contribution in [2.24, 2.45) is 0 Å². The van der Waals surface area contributed by atoms with Crippen LogP contribution in [0.2, 0.25) is 5.02 Å². The first-order chi connectivity index (χ1) is 14.7. The van der Waals surface area contributed by atoms with Gasteiger partial charge in [0.15, 0.2) is 0 Å². The maximum Gasteiger partial charge on any atom is 0.410 e. The van der Waals surface area contributed by atoms with Crippen LogP contribution in [0.4, 0.5) is 4.79 Å². The number of amides is 1. The van der Waals surface area contributed by atoms with Gasteiger partial charge in [0.25, 0.3) is 0 Å². The summed E-state index contributed by atoms with van der Waals surface area (Å²) < 4.78 is 16.4. The van der Waals surface area contributed by atoms with Gasteiger partial charge in [0.1, 0.15) is 23.7 Å². The van der Waals surface area contributed by atoms with Crippen LogP contribution in [0.25, 0.3) is 22.2 Å². The lowest BCUT2D eigenvalue weighted by atomic mass is 10.1. The number of fused-ring (bicyclic) bond motifs is 1. The van der Waals surface area contributed by atoms with Gasteiger partial charge in [0.2, 0.25) is 0 Å². The molecule has 0 spiro atoms. The van der Waals surface area contributed by atoms with Gasteiger partial charge in [-0.2, -0.15) is 0 Å². The lowest BCUT2D eigenvalue weighted by molar-refractivity contribution is 0.0278. The number of aromatic nitrogens is 1. The maximum absolute atomic E-state index is 12.0. The van der Waals surface area contributed by atoms with Crippen LogP contribution in [0, 0.1) is 0 Å². The van der Waals surface area contributed by atoms with Crippen molar-refractivity contribution in [3.05, 3.63) is 53.6 Å². The Labute approximate surface area is 187 Å². The molecule has 2 aromatic carbocycles. The topological polar surface area (TPSA) is 60.9 Å². The lowest BCUT2D eigenvalue weighted by Crippen LogP contribution is -2.36. The zero-order chi connectivity index (χ0) is 22.6. The number of hydrogen-bond donors (Lipinski definition) is 0. The molecule has 0 aliphatic heterocycles. The number of benzene rings is 2. The number of ether oxygens (including phenoxy) is 3. The Hall–Kier alpha value is -2.99. The molecule has 0 radical (unpaired) electrons. The van der Waals surface area contributed by atoms with E-state index in [-0.39, 0.29) is 6.09 Å². The SMILES string of the molecule is COc1ccc2c(Cl)cc(-c3ccc(OCCN(C)C(=O)OC(C)(C)C)cc3)nc2c1. The van der Waals surface area contributed by atoms with Crippen molar-refractivity contribution in [3.8, 4) is 22.8 Å². The standard InChI is InChI=1S/C24H27ClN2O4/c1-24(2,3)31-23(28)27(4)12-13-30-17-8-6-16(7-9-17)21-15-20(25)19-11-10-18(29-5)14-22(19)26-21/h6-11,14-15H,12-13H2,1-5H3. The highest BCUT2D eigenvalue weighted by Crippen LogP contribution is 2.31. The Balaban J connectivity index is 1.64. The van der Waals surface area contributed by atoms with Crippen LogP contribution in [-0.4, -0.2) is 48.9 Å². The number of carbonyl (C=O) groups excluding carboxylic acids is 1. The molecule has 0 N–H and O–H groups in total.